The van der Waals surface area contributed by atoms with Crippen LogP contribution in [0.3, 0.4) is 0 Å². The SMILES string of the molecule is CC(C)NS(=O)(=O)c1ccc(OCC2CNCCN2c2ccc(C(C)C)cc2)cc1. The Labute approximate surface area is 180 Å². The normalized spacial score (nSPS) is 17.5. The first-order chi connectivity index (χ1) is 14.3. The van der Waals surface area contributed by atoms with Crippen LogP contribution in [-0.4, -0.2) is 46.7 Å². The summed E-state index contributed by atoms with van der Waals surface area (Å²) in [5.41, 5.74) is 2.54. The molecule has 0 bridgehead atoms. The summed E-state index contributed by atoms with van der Waals surface area (Å²) in [6, 6.07) is 15.4. The van der Waals surface area contributed by atoms with Crippen LogP contribution in [-0.2, 0) is 10.0 Å². The average Bonchev–Trinajstić information content (AvgIpc) is 2.72. The molecule has 0 amide bonds. The van der Waals surface area contributed by atoms with Crippen molar-refractivity contribution in [1.82, 2.24) is 10.0 Å². The Morgan fingerprint density at radius 3 is 2.33 bits per heavy atom. The predicted molar refractivity (Wildman–Crippen MR) is 122 cm³/mol. The summed E-state index contributed by atoms with van der Waals surface area (Å²) in [6.07, 6.45) is 0. The molecule has 2 N–H and O–H groups in total. The van der Waals surface area contributed by atoms with Crippen LogP contribution in [0.2, 0.25) is 0 Å². The van der Waals surface area contributed by atoms with E-state index in [1.54, 1.807) is 38.1 Å². The lowest BCUT2D eigenvalue weighted by Crippen LogP contribution is -2.54. The third-order valence-corrected chi connectivity index (χ3v) is 6.88. The molecule has 2 aromatic rings. The molecule has 30 heavy (non-hydrogen) atoms. The number of hydrogen-bond donors (Lipinski definition) is 2. The van der Waals surface area contributed by atoms with Gasteiger partial charge in [-0.3, -0.25) is 0 Å². The van der Waals surface area contributed by atoms with Gasteiger partial charge in [-0.25, -0.2) is 13.1 Å². The van der Waals surface area contributed by atoms with Crippen LogP contribution >= 0.6 is 0 Å². The molecule has 1 atom stereocenters. The van der Waals surface area contributed by atoms with E-state index in [2.05, 4.69) is 53.1 Å². The highest BCUT2D eigenvalue weighted by Crippen LogP contribution is 2.23. The Morgan fingerprint density at radius 1 is 1.07 bits per heavy atom. The molecule has 6 nitrogen and oxygen atoms in total. The van der Waals surface area contributed by atoms with Crippen molar-refractivity contribution in [3.8, 4) is 5.75 Å². The monoisotopic (exact) mass is 431 g/mol. The number of nitrogens with one attached hydrogen (secondary N) is 2. The van der Waals surface area contributed by atoms with E-state index in [9.17, 15) is 8.42 Å². The quantitative estimate of drug-likeness (QED) is 0.671. The molecule has 1 saturated heterocycles. The Bertz CT molecular complexity index is 910. The third-order valence-electron chi connectivity index (χ3n) is 5.21. The van der Waals surface area contributed by atoms with E-state index in [1.165, 1.54) is 11.3 Å². The summed E-state index contributed by atoms with van der Waals surface area (Å²) in [6.45, 7) is 11.2. The van der Waals surface area contributed by atoms with Crippen molar-refractivity contribution < 1.29 is 13.2 Å². The standard InChI is InChI=1S/C23H33N3O3S/c1-17(2)19-5-7-20(8-6-19)26-14-13-24-15-21(26)16-29-22-9-11-23(12-10-22)30(27,28)25-18(3)4/h5-12,17-18,21,24-25H,13-16H2,1-4H3. The van der Waals surface area contributed by atoms with Gasteiger partial charge < -0.3 is 15.0 Å². The molecule has 164 valence electrons. The number of rotatable bonds is 8. The molecule has 0 aromatic heterocycles. The molecule has 1 unspecified atom stereocenters. The summed E-state index contributed by atoms with van der Waals surface area (Å²) in [4.78, 5) is 2.63. The zero-order valence-electron chi connectivity index (χ0n) is 18.3. The molecule has 1 fully saturated rings. The van der Waals surface area contributed by atoms with Crippen molar-refractivity contribution in [3.63, 3.8) is 0 Å². The van der Waals surface area contributed by atoms with Crippen molar-refractivity contribution in [2.75, 3.05) is 31.1 Å². The van der Waals surface area contributed by atoms with Crippen LogP contribution < -0.4 is 19.7 Å². The van der Waals surface area contributed by atoms with Gasteiger partial charge in [-0.15, -0.1) is 0 Å². The highest BCUT2D eigenvalue weighted by atomic mass is 32.2. The Hall–Kier alpha value is -2.09. The van der Waals surface area contributed by atoms with Gasteiger partial charge in [0.15, 0.2) is 0 Å². The predicted octanol–water partition coefficient (Wildman–Crippen LogP) is 3.35. The summed E-state index contributed by atoms with van der Waals surface area (Å²) in [7, 11) is -3.49. The number of benzene rings is 2. The first-order valence-corrected chi connectivity index (χ1v) is 12.1. The highest BCUT2D eigenvalue weighted by molar-refractivity contribution is 7.89. The molecule has 3 rings (SSSR count). The van der Waals surface area contributed by atoms with Crippen molar-refractivity contribution in [2.45, 2.75) is 50.6 Å². The molecule has 0 saturated carbocycles. The van der Waals surface area contributed by atoms with Crippen molar-refractivity contribution in [3.05, 3.63) is 54.1 Å². The maximum absolute atomic E-state index is 12.3. The van der Waals surface area contributed by atoms with Crippen LogP contribution in [0.4, 0.5) is 5.69 Å². The van der Waals surface area contributed by atoms with E-state index in [4.69, 9.17) is 4.74 Å². The molecule has 0 spiro atoms. The second-order valence-corrected chi connectivity index (χ2v) is 10.1. The van der Waals surface area contributed by atoms with Crippen molar-refractivity contribution in [1.29, 1.82) is 0 Å². The van der Waals surface area contributed by atoms with Gasteiger partial charge in [-0.1, -0.05) is 26.0 Å². The van der Waals surface area contributed by atoms with Crippen LogP contribution in [0.25, 0.3) is 0 Å². The van der Waals surface area contributed by atoms with E-state index in [0.717, 1.165) is 19.6 Å². The fourth-order valence-electron chi connectivity index (χ4n) is 3.59. The molecular weight excluding hydrogens is 398 g/mol. The van der Waals surface area contributed by atoms with Crippen LogP contribution in [0, 0.1) is 0 Å². The molecule has 1 aliphatic heterocycles. The van der Waals surface area contributed by atoms with Crippen LogP contribution in [0.1, 0.15) is 39.2 Å². The van der Waals surface area contributed by atoms with E-state index >= 15 is 0 Å². The van der Waals surface area contributed by atoms with Gasteiger partial charge in [0, 0.05) is 31.4 Å². The lowest BCUT2D eigenvalue weighted by atomic mass is 10.0. The summed E-state index contributed by atoms with van der Waals surface area (Å²) in [5.74, 6) is 1.18. The first-order valence-electron chi connectivity index (χ1n) is 10.6. The van der Waals surface area contributed by atoms with E-state index < -0.39 is 10.0 Å². The maximum Gasteiger partial charge on any atom is 0.240 e. The Kier molecular flexibility index (Phi) is 7.39. The highest BCUT2D eigenvalue weighted by Gasteiger charge is 2.23. The molecule has 1 aliphatic rings. The molecule has 2 aromatic carbocycles. The van der Waals surface area contributed by atoms with Gasteiger partial charge in [0.05, 0.1) is 10.9 Å². The number of hydrogen-bond acceptors (Lipinski definition) is 5. The minimum Gasteiger partial charge on any atom is -0.491 e. The van der Waals surface area contributed by atoms with Crippen molar-refractivity contribution >= 4 is 15.7 Å². The lowest BCUT2D eigenvalue weighted by molar-refractivity contribution is 0.267. The first kappa shape index (κ1) is 22.6. The van der Waals surface area contributed by atoms with Crippen molar-refractivity contribution in [2.24, 2.45) is 0 Å². The number of ether oxygens (including phenoxy) is 1. The zero-order chi connectivity index (χ0) is 21.7. The third kappa shape index (κ3) is 5.74. The second kappa shape index (κ2) is 9.81. The topological polar surface area (TPSA) is 70.7 Å². The van der Waals surface area contributed by atoms with E-state index in [-0.39, 0.29) is 17.0 Å². The van der Waals surface area contributed by atoms with E-state index in [1.807, 2.05) is 0 Å². The van der Waals surface area contributed by atoms with Gasteiger partial charge in [-0.2, -0.15) is 0 Å². The second-order valence-electron chi connectivity index (χ2n) is 8.36. The minimum atomic E-state index is -3.49. The molecule has 1 heterocycles. The fraction of sp³-hybridized carbons (Fsp3) is 0.478. The van der Waals surface area contributed by atoms with Gasteiger partial charge in [-0.05, 0) is 61.7 Å². The maximum atomic E-state index is 12.3. The lowest BCUT2D eigenvalue weighted by Gasteiger charge is -2.38. The fourth-order valence-corrected chi connectivity index (χ4v) is 4.84. The summed E-state index contributed by atoms with van der Waals surface area (Å²) in [5, 5.41) is 3.44. The molecule has 7 heteroatoms. The molecule has 0 aliphatic carbocycles. The molecular formula is C23H33N3O3S. The summed E-state index contributed by atoms with van der Waals surface area (Å²) >= 11 is 0. The van der Waals surface area contributed by atoms with Crippen LogP contribution in [0.5, 0.6) is 5.75 Å². The summed E-state index contributed by atoms with van der Waals surface area (Å²) < 4.78 is 33.1. The van der Waals surface area contributed by atoms with Gasteiger partial charge in [0.1, 0.15) is 12.4 Å². The average molecular weight is 432 g/mol. The number of anilines is 1. The smallest absolute Gasteiger partial charge is 0.240 e. The minimum absolute atomic E-state index is 0.148. The number of sulfonamides is 1. The Morgan fingerprint density at radius 2 is 1.73 bits per heavy atom. The Balaban J connectivity index is 1.64. The molecule has 0 radical (unpaired) electrons. The van der Waals surface area contributed by atoms with Gasteiger partial charge in [0.2, 0.25) is 10.0 Å². The zero-order valence-corrected chi connectivity index (χ0v) is 19.1. The number of nitrogens with zero attached hydrogens (tertiary/aromatic N) is 1. The largest absolute Gasteiger partial charge is 0.491 e. The van der Waals surface area contributed by atoms with Gasteiger partial charge in [0.25, 0.3) is 0 Å². The number of piperazine rings is 1. The van der Waals surface area contributed by atoms with E-state index in [0.29, 0.717) is 18.3 Å². The van der Waals surface area contributed by atoms with Crippen LogP contribution in [0.15, 0.2) is 53.4 Å². The van der Waals surface area contributed by atoms with Gasteiger partial charge >= 0.3 is 0 Å².